The molecule has 0 amide bonds. The van der Waals surface area contributed by atoms with Gasteiger partial charge in [-0.3, -0.25) is 0 Å². The maximum atomic E-state index is 12.2. The fourth-order valence-electron chi connectivity index (χ4n) is 1.94. The van der Waals surface area contributed by atoms with Crippen LogP contribution in [0.25, 0.3) is 0 Å². The van der Waals surface area contributed by atoms with Gasteiger partial charge in [-0.2, -0.15) is 4.31 Å². The normalized spacial score (nSPS) is 15.7. The molecule has 1 saturated carbocycles. The molecule has 1 aliphatic rings. The van der Waals surface area contributed by atoms with Crippen LogP contribution in [0.4, 0.5) is 0 Å². The Bertz CT molecular complexity index is 511. The number of alkyl halides is 1. The summed E-state index contributed by atoms with van der Waals surface area (Å²) >= 11 is 5.58. The molecule has 0 radical (unpaired) electrons. The van der Waals surface area contributed by atoms with Crippen LogP contribution in [-0.4, -0.2) is 37.5 Å². The number of methoxy groups -OCH3 is 1. The fourth-order valence-corrected chi connectivity index (χ4v) is 3.97. The Balaban J connectivity index is 2.12. The van der Waals surface area contributed by atoms with Crippen LogP contribution in [0.2, 0.25) is 0 Å². The molecular formula is C13H18ClNO3S. The molecule has 106 valence electrons. The van der Waals surface area contributed by atoms with Crippen LogP contribution in [0.1, 0.15) is 18.4 Å². The number of nitrogens with zero attached hydrogens (tertiary/aromatic N) is 1. The number of rotatable bonds is 7. The maximum Gasteiger partial charge on any atom is 0.215 e. The van der Waals surface area contributed by atoms with E-state index in [9.17, 15) is 8.42 Å². The molecule has 1 aliphatic carbocycles. The zero-order valence-electron chi connectivity index (χ0n) is 10.9. The summed E-state index contributed by atoms with van der Waals surface area (Å²) in [6, 6.07) is 7.62. The van der Waals surface area contributed by atoms with Crippen molar-refractivity contribution < 1.29 is 13.2 Å². The minimum atomic E-state index is -3.25. The Morgan fingerprint density at radius 1 is 1.32 bits per heavy atom. The molecule has 0 unspecified atom stereocenters. The van der Waals surface area contributed by atoms with Gasteiger partial charge in [0.2, 0.25) is 10.0 Å². The number of benzene rings is 1. The predicted molar refractivity (Wildman–Crippen MR) is 76.1 cm³/mol. The second kappa shape index (κ2) is 6.11. The van der Waals surface area contributed by atoms with Crippen molar-refractivity contribution in [1.29, 1.82) is 0 Å². The summed E-state index contributed by atoms with van der Waals surface area (Å²) in [6.07, 6.45) is 1.88. The second-order valence-electron chi connectivity index (χ2n) is 4.63. The van der Waals surface area contributed by atoms with Gasteiger partial charge >= 0.3 is 0 Å². The summed E-state index contributed by atoms with van der Waals surface area (Å²) in [5, 5.41) is 0. The third-order valence-electron chi connectivity index (χ3n) is 3.14. The number of sulfonamides is 1. The SMILES string of the molecule is COc1ccc(CN(C2CC2)S(=O)(=O)CCCl)cc1. The van der Waals surface area contributed by atoms with Crippen LogP contribution < -0.4 is 4.74 Å². The average molecular weight is 304 g/mol. The Morgan fingerprint density at radius 2 is 1.95 bits per heavy atom. The van der Waals surface area contributed by atoms with Gasteiger partial charge in [0.05, 0.1) is 12.9 Å². The lowest BCUT2D eigenvalue weighted by Crippen LogP contribution is -2.34. The molecule has 2 rings (SSSR count). The molecule has 0 spiro atoms. The van der Waals surface area contributed by atoms with E-state index in [0.29, 0.717) is 6.54 Å². The van der Waals surface area contributed by atoms with Crippen molar-refractivity contribution in [2.45, 2.75) is 25.4 Å². The Labute approximate surface area is 119 Å². The molecule has 0 aliphatic heterocycles. The van der Waals surface area contributed by atoms with E-state index in [0.717, 1.165) is 24.2 Å². The minimum absolute atomic E-state index is 0.00120. The first-order valence-corrected chi connectivity index (χ1v) is 8.39. The monoisotopic (exact) mass is 303 g/mol. The third-order valence-corrected chi connectivity index (χ3v) is 5.42. The maximum absolute atomic E-state index is 12.2. The summed E-state index contributed by atoms with van der Waals surface area (Å²) in [5.74, 6) is 0.903. The fraction of sp³-hybridized carbons (Fsp3) is 0.538. The van der Waals surface area contributed by atoms with Gasteiger partial charge in [0, 0.05) is 18.5 Å². The van der Waals surface area contributed by atoms with E-state index in [1.165, 1.54) is 0 Å². The third kappa shape index (κ3) is 3.84. The first-order valence-electron chi connectivity index (χ1n) is 6.25. The van der Waals surface area contributed by atoms with Gasteiger partial charge in [0.1, 0.15) is 5.75 Å². The van der Waals surface area contributed by atoms with Gasteiger partial charge in [-0.05, 0) is 30.5 Å². The molecule has 0 N–H and O–H groups in total. The lowest BCUT2D eigenvalue weighted by Gasteiger charge is -2.21. The lowest BCUT2D eigenvalue weighted by molar-refractivity contribution is 0.398. The number of hydrogen-bond acceptors (Lipinski definition) is 3. The zero-order valence-corrected chi connectivity index (χ0v) is 12.5. The summed E-state index contributed by atoms with van der Waals surface area (Å²) in [4.78, 5) is 0. The van der Waals surface area contributed by atoms with Crippen molar-refractivity contribution in [2.75, 3.05) is 18.7 Å². The van der Waals surface area contributed by atoms with E-state index in [-0.39, 0.29) is 17.7 Å². The van der Waals surface area contributed by atoms with Crippen LogP contribution in [0, 0.1) is 0 Å². The van der Waals surface area contributed by atoms with Crippen molar-refractivity contribution >= 4 is 21.6 Å². The first kappa shape index (κ1) is 14.6. The Kier molecular flexibility index (Phi) is 4.71. The minimum Gasteiger partial charge on any atom is -0.497 e. The second-order valence-corrected chi connectivity index (χ2v) is 7.05. The first-order chi connectivity index (χ1) is 9.06. The standard InChI is InChI=1S/C13H18ClNO3S/c1-18-13-6-2-11(3-7-13)10-15(12-4-5-12)19(16,17)9-8-14/h2-3,6-7,12H,4-5,8-10H2,1H3. The van der Waals surface area contributed by atoms with Crippen molar-refractivity contribution in [3.05, 3.63) is 29.8 Å². The van der Waals surface area contributed by atoms with Crippen LogP contribution in [0.15, 0.2) is 24.3 Å². The topological polar surface area (TPSA) is 46.6 Å². The molecular weight excluding hydrogens is 286 g/mol. The predicted octanol–water partition coefficient (Wildman–Crippen LogP) is 2.23. The molecule has 0 bridgehead atoms. The van der Waals surface area contributed by atoms with Crippen molar-refractivity contribution in [3.8, 4) is 5.75 Å². The molecule has 1 aromatic carbocycles. The van der Waals surface area contributed by atoms with E-state index in [1.54, 1.807) is 11.4 Å². The van der Waals surface area contributed by atoms with Crippen LogP contribution in [-0.2, 0) is 16.6 Å². The van der Waals surface area contributed by atoms with Gasteiger partial charge in [-0.25, -0.2) is 8.42 Å². The van der Waals surface area contributed by atoms with Crippen LogP contribution in [0.5, 0.6) is 5.75 Å². The van der Waals surface area contributed by atoms with Crippen LogP contribution in [0.3, 0.4) is 0 Å². The molecule has 1 fully saturated rings. The lowest BCUT2D eigenvalue weighted by atomic mass is 10.2. The largest absolute Gasteiger partial charge is 0.497 e. The quantitative estimate of drug-likeness (QED) is 0.726. The zero-order chi connectivity index (χ0) is 13.9. The summed E-state index contributed by atoms with van der Waals surface area (Å²) < 4.78 is 31.0. The summed E-state index contributed by atoms with van der Waals surface area (Å²) in [6.45, 7) is 0.411. The molecule has 0 saturated heterocycles. The molecule has 1 aromatic rings. The van der Waals surface area contributed by atoms with E-state index >= 15 is 0 Å². The highest BCUT2D eigenvalue weighted by atomic mass is 35.5. The van der Waals surface area contributed by atoms with Gasteiger partial charge < -0.3 is 4.74 Å². The van der Waals surface area contributed by atoms with E-state index in [1.807, 2.05) is 24.3 Å². The summed E-state index contributed by atoms with van der Waals surface area (Å²) in [7, 11) is -1.65. The van der Waals surface area contributed by atoms with Crippen molar-refractivity contribution in [2.24, 2.45) is 0 Å². The Morgan fingerprint density at radius 3 is 2.42 bits per heavy atom. The highest BCUT2D eigenvalue weighted by molar-refractivity contribution is 7.89. The van der Waals surface area contributed by atoms with E-state index < -0.39 is 10.0 Å². The highest BCUT2D eigenvalue weighted by Gasteiger charge is 2.36. The number of ether oxygens (including phenoxy) is 1. The van der Waals surface area contributed by atoms with Gasteiger partial charge in [-0.1, -0.05) is 12.1 Å². The average Bonchev–Trinajstić information content (AvgIpc) is 3.20. The van der Waals surface area contributed by atoms with E-state index in [2.05, 4.69) is 0 Å². The molecule has 0 aromatic heterocycles. The molecule has 6 heteroatoms. The summed E-state index contributed by atoms with van der Waals surface area (Å²) in [5.41, 5.74) is 0.964. The molecule has 4 nitrogen and oxygen atoms in total. The van der Waals surface area contributed by atoms with Gasteiger partial charge in [0.15, 0.2) is 0 Å². The number of halogens is 1. The molecule has 0 atom stereocenters. The smallest absolute Gasteiger partial charge is 0.215 e. The van der Waals surface area contributed by atoms with Gasteiger partial charge in [0.25, 0.3) is 0 Å². The van der Waals surface area contributed by atoms with Gasteiger partial charge in [-0.15, -0.1) is 11.6 Å². The molecule has 19 heavy (non-hydrogen) atoms. The number of hydrogen-bond donors (Lipinski definition) is 0. The molecule has 0 heterocycles. The van der Waals surface area contributed by atoms with E-state index in [4.69, 9.17) is 16.3 Å². The van der Waals surface area contributed by atoms with Crippen molar-refractivity contribution in [1.82, 2.24) is 4.31 Å². The Hall–Kier alpha value is -0.780. The van der Waals surface area contributed by atoms with Crippen molar-refractivity contribution in [3.63, 3.8) is 0 Å². The highest BCUT2D eigenvalue weighted by Crippen LogP contribution is 2.31. The van der Waals surface area contributed by atoms with Crippen LogP contribution >= 0.6 is 11.6 Å².